The van der Waals surface area contributed by atoms with E-state index < -0.39 is 18.8 Å². The first-order valence-corrected chi connectivity index (χ1v) is 8.93. The molecule has 0 radical (unpaired) electrons. The zero-order valence-corrected chi connectivity index (χ0v) is 13.7. The largest absolute Gasteiger partial charge is 0.539 e. The van der Waals surface area contributed by atoms with Gasteiger partial charge in [-0.3, -0.25) is 0 Å². The van der Waals surface area contributed by atoms with Crippen LogP contribution in [-0.4, -0.2) is 46.4 Å². The van der Waals surface area contributed by atoms with Gasteiger partial charge in [0.1, 0.15) is 11.5 Å². The normalized spacial score (nSPS) is 15.9. The Balaban J connectivity index is 2.03. The third kappa shape index (κ3) is 3.35. The Morgan fingerprint density at radius 2 is 1.95 bits per heavy atom. The first-order valence-electron chi connectivity index (χ1n) is 5.85. The molecule has 0 aliphatic carbocycles. The molecule has 1 aromatic carbocycles. The first-order chi connectivity index (χ1) is 9.23. The topological polar surface area (TPSA) is 55.4 Å². The second-order valence-electron chi connectivity index (χ2n) is 3.96. The van der Waals surface area contributed by atoms with Gasteiger partial charge in [-0.15, -0.1) is 0 Å². The van der Waals surface area contributed by atoms with E-state index in [0.717, 1.165) is 17.1 Å². The summed E-state index contributed by atoms with van der Waals surface area (Å²) < 4.78 is 32.4. The number of fused-ring (bicyclic) bond motifs is 1. The van der Waals surface area contributed by atoms with Crippen molar-refractivity contribution in [3.8, 4) is 11.5 Å². The highest BCUT2D eigenvalue weighted by molar-refractivity contribution is 6.60. The van der Waals surface area contributed by atoms with Crippen molar-refractivity contribution in [1.82, 2.24) is 0 Å². The smallest absolute Gasteiger partial charge is 0.524 e. The van der Waals surface area contributed by atoms with E-state index in [4.69, 9.17) is 26.9 Å². The van der Waals surface area contributed by atoms with Gasteiger partial charge in [-0.1, -0.05) is 0 Å². The Morgan fingerprint density at radius 1 is 1.21 bits per heavy atom. The zero-order valence-electron chi connectivity index (χ0n) is 11.3. The quantitative estimate of drug-likeness (QED) is 0.709. The molecule has 0 saturated heterocycles. The fourth-order valence-corrected chi connectivity index (χ4v) is 3.75. The molecule has 6 nitrogen and oxygen atoms in total. The van der Waals surface area contributed by atoms with Gasteiger partial charge in [0, 0.05) is 26.9 Å². The van der Waals surface area contributed by atoms with Crippen molar-refractivity contribution < 1.29 is 26.9 Å². The van der Waals surface area contributed by atoms with Crippen molar-refractivity contribution in [2.75, 3.05) is 27.6 Å². The molecule has 1 heterocycles. The average molecular weight is 302 g/mol. The van der Waals surface area contributed by atoms with Crippen molar-refractivity contribution in [2.24, 2.45) is 0 Å². The molecule has 0 bridgehead atoms. The van der Waals surface area contributed by atoms with Gasteiger partial charge in [0.2, 0.25) is 0 Å². The molecule has 0 saturated carbocycles. The van der Waals surface area contributed by atoms with Gasteiger partial charge in [0.15, 0.2) is 6.23 Å². The lowest BCUT2D eigenvalue weighted by molar-refractivity contribution is 0.100. The van der Waals surface area contributed by atoms with Crippen LogP contribution in [0.1, 0.15) is 5.56 Å². The summed E-state index contributed by atoms with van der Waals surface area (Å²) in [6.07, 6.45) is 0.256. The van der Waals surface area contributed by atoms with E-state index in [1.807, 2.05) is 18.2 Å². The maximum atomic E-state index is 5.70. The molecule has 0 amide bonds. The lowest BCUT2D eigenvalue weighted by atomic mass is 10.2. The van der Waals surface area contributed by atoms with Crippen LogP contribution in [0.25, 0.3) is 0 Å². The lowest BCUT2D eigenvalue weighted by Gasteiger charge is -2.24. The number of benzene rings is 1. The molecule has 0 aromatic heterocycles. The van der Waals surface area contributed by atoms with Crippen molar-refractivity contribution in [2.45, 2.75) is 6.61 Å². The van der Waals surface area contributed by atoms with Crippen molar-refractivity contribution in [3.63, 3.8) is 0 Å². The Kier molecular flexibility index (Phi) is 4.96. The summed E-state index contributed by atoms with van der Waals surface area (Å²) in [5.41, 5.74) is 0.996. The molecule has 0 spiro atoms. The number of rotatable bonds is 6. The summed E-state index contributed by atoms with van der Waals surface area (Å²) >= 11 is 0. The van der Waals surface area contributed by atoms with Crippen LogP contribution < -0.4 is 9.16 Å². The molecule has 19 heavy (non-hydrogen) atoms. The minimum absolute atomic E-state index is 0.256. The number of hydrogen-bond donors (Lipinski definition) is 0. The van der Waals surface area contributed by atoms with E-state index in [9.17, 15) is 0 Å². The maximum absolute atomic E-state index is 5.70. The summed E-state index contributed by atoms with van der Waals surface area (Å²) in [6, 6.07) is 5.66. The van der Waals surface area contributed by atoms with Crippen LogP contribution in [0.5, 0.6) is 11.5 Å². The Morgan fingerprint density at radius 3 is 2.63 bits per heavy atom. The maximum Gasteiger partial charge on any atom is 0.539 e. The lowest BCUT2D eigenvalue weighted by Crippen LogP contribution is -2.49. The summed E-state index contributed by atoms with van der Waals surface area (Å²) in [7, 11) is 1.11. The molecule has 0 atom stereocenters. The molecule has 1 aliphatic heterocycles. The minimum atomic E-state index is -2.71. The highest BCUT2D eigenvalue weighted by atomic mass is 28.4. The fourth-order valence-electron chi connectivity index (χ4n) is 1.75. The van der Waals surface area contributed by atoms with Crippen LogP contribution in [-0.2, 0) is 24.3 Å². The molecule has 0 fully saturated rings. The van der Waals surface area contributed by atoms with E-state index >= 15 is 0 Å². The summed E-state index contributed by atoms with van der Waals surface area (Å²) in [6.45, 7) is 0.583. The second kappa shape index (κ2) is 6.50. The second-order valence-corrected chi connectivity index (χ2v) is 7.78. The summed E-state index contributed by atoms with van der Waals surface area (Å²) in [4.78, 5) is 0. The first kappa shape index (κ1) is 14.5. The fraction of sp³-hybridized carbons (Fsp3) is 0.455. The van der Waals surface area contributed by atoms with Crippen LogP contribution in [0.4, 0.5) is 0 Å². The Labute approximate surface area is 116 Å². The molecule has 1 aliphatic rings. The van der Waals surface area contributed by atoms with E-state index in [0.29, 0.717) is 6.61 Å². The van der Waals surface area contributed by atoms with Crippen LogP contribution in [0.15, 0.2) is 18.2 Å². The van der Waals surface area contributed by atoms with E-state index in [1.165, 1.54) is 0 Å². The van der Waals surface area contributed by atoms with E-state index in [-0.39, 0.29) is 6.23 Å². The van der Waals surface area contributed by atoms with Gasteiger partial charge in [-0.05, 0) is 18.2 Å². The van der Waals surface area contributed by atoms with Crippen LogP contribution in [0.2, 0.25) is 0 Å². The predicted octanol–water partition coefficient (Wildman–Crippen LogP) is 0.390. The average Bonchev–Trinajstić information content (AvgIpc) is 2.49. The monoisotopic (exact) mass is 302 g/mol. The Hall–Kier alpha value is -0.906. The molecule has 1 aromatic rings. The molecule has 2 rings (SSSR count). The summed E-state index contributed by atoms with van der Waals surface area (Å²) in [5, 5.41) is 0. The summed E-state index contributed by atoms with van der Waals surface area (Å²) in [5.74, 6) is 1.61. The van der Waals surface area contributed by atoms with Crippen LogP contribution in [0, 0.1) is 0 Å². The predicted molar refractivity (Wildman–Crippen MR) is 72.7 cm³/mol. The van der Waals surface area contributed by atoms with Gasteiger partial charge >= 0.3 is 18.8 Å². The zero-order chi connectivity index (χ0) is 13.7. The van der Waals surface area contributed by atoms with E-state index in [1.54, 1.807) is 21.3 Å². The van der Waals surface area contributed by atoms with Gasteiger partial charge in [0.25, 0.3) is 0 Å². The van der Waals surface area contributed by atoms with Crippen LogP contribution in [0.3, 0.4) is 0 Å². The van der Waals surface area contributed by atoms with Gasteiger partial charge < -0.3 is 26.9 Å². The minimum Gasteiger partial charge on any atom is -0.524 e. The van der Waals surface area contributed by atoms with Crippen molar-refractivity contribution in [3.05, 3.63) is 23.8 Å². The molecule has 8 heteroatoms. The van der Waals surface area contributed by atoms with Gasteiger partial charge in [-0.2, -0.15) is 0 Å². The Bertz CT molecular complexity index is 415. The molecule has 0 N–H and O–H groups in total. The van der Waals surface area contributed by atoms with E-state index in [2.05, 4.69) is 0 Å². The van der Waals surface area contributed by atoms with Gasteiger partial charge in [-0.25, -0.2) is 0 Å². The van der Waals surface area contributed by atoms with Crippen LogP contribution >= 0.6 is 0 Å². The standard InChI is InChI=1S/C11H18O6Si2/c1-12-19(13-2,14-3)8-15-10-4-5-11-9(6-10)7-16-18-17-11/h4-6H,7-8,18H2,1-3H3. The SMILES string of the molecule is CO[Si](COc1ccc2c(c1)CO[SiH2]O2)(OC)OC. The highest BCUT2D eigenvalue weighted by Gasteiger charge is 2.39. The molecule has 0 unspecified atom stereocenters. The molecule has 106 valence electrons. The third-order valence-electron chi connectivity index (χ3n) is 2.94. The van der Waals surface area contributed by atoms with Crippen molar-refractivity contribution in [1.29, 1.82) is 0 Å². The number of hydrogen-bond acceptors (Lipinski definition) is 6. The molecular weight excluding hydrogens is 284 g/mol. The number of ether oxygens (including phenoxy) is 1. The molecular formula is C11H18O6Si2. The highest BCUT2D eigenvalue weighted by Crippen LogP contribution is 2.27. The third-order valence-corrected chi connectivity index (χ3v) is 6.10. The van der Waals surface area contributed by atoms with Gasteiger partial charge in [0.05, 0.1) is 6.61 Å². The van der Waals surface area contributed by atoms with Crippen molar-refractivity contribution >= 4 is 18.8 Å².